The number of halogens is 1. The Hall–Kier alpha value is 0.210. The molecular formula is C6H13ClO2. The van der Waals surface area contributed by atoms with Crippen molar-refractivity contribution in [1.29, 1.82) is 0 Å². The first-order chi connectivity index (χ1) is 3.89. The predicted molar refractivity (Wildman–Crippen MR) is 37.9 cm³/mol. The van der Waals surface area contributed by atoms with Gasteiger partial charge in [-0.25, -0.2) is 0 Å². The van der Waals surface area contributed by atoms with Crippen LogP contribution in [-0.2, 0) is 4.74 Å². The topological polar surface area (TPSA) is 29.5 Å². The van der Waals surface area contributed by atoms with Gasteiger partial charge in [-0.3, -0.25) is 0 Å². The van der Waals surface area contributed by atoms with E-state index in [1.165, 1.54) is 0 Å². The monoisotopic (exact) mass is 152 g/mol. The number of aliphatic hydroxyl groups is 1. The van der Waals surface area contributed by atoms with E-state index in [9.17, 15) is 0 Å². The molecule has 0 aromatic carbocycles. The molecule has 0 aromatic heterocycles. The van der Waals surface area contributed by atoms with Crippen molar-refractivity contribution < 1.29 is 9.84 Å². The third-order valence-electron chi connectivity index (χ3n) is 1.39. The Kier molecular flexibility index (Phi) is 5.15. The first kappa shape index (κ1) is 9.21. The van der Waals surface area contributed by atoms with Gasteiger partial charge in [-0.05, 0) is 19.3 Å². The summed E-state index contributed by atoms with van der Waals surface area (Å²) < 4.78 is 5.06. The van der Waals surface area contributed by atoms with Gasteiger partial charge in [0.15, 0.2) is 0 Å². The van der Waals surface area contributed by atoms with E-state index in [0.717, 1.165) is 25.9 Å². The molecular weight excluding hydrogens is 140 g/mol. The molecule has 0 radical (unpaired) electrons. The van der Waals surface area contributed by atoms with E-state index in [1.54, 1.807) is 0 Å². The Morgan fingerprint density at radius 2 is 2.11 bits per heavy atom. The normalized spacial score (nSPS) is 28.3. The molecule has 1 unspecified atom stereocenters. The second-order valence-corrected chi connectivity index (χ2v) is 2.22. The van der Waals surface area contributed by atoms with E-state index in [1.807, 2.05) is 0 Å². The third-order valence-corrected chi connectivity index (χ3v) is 1.39. The number of ether oxygens (including phenoxy) is 1. The van der Waals surface area contributed by atoms with Crippen molar-refractivity contribution in [2.75, 3.05) is 13.2 Å². The lowest BCUT2D eigenvalue weighted by atomic mass is 10.2. The molecule has 9 heavy (non-hydrogen) atoms. The van der Waals surface area contributed by atoms with Crippen LogP contribution in [0.15, 0.2) is 0 Å². The van der Waals surface area contributed by atoms with Crippen LogP contribution in [-0.4, -0.2) is 24.4 Å². The van der Waals surface area contributed by atoms with Gasteiger partial charge in [0.1, 0.15) is 0 Å². The van der Waals surface area contributed by atoms with Gasteiger partial charge in [0.25, 0.3) is 0 Å². The number of hydrogen-bond donors (Lipinski definition) is 1. The standard InChI is InChI=1S/C6H12O2.ClH/c7-6-3-1-2-4-8-5-6;/h6-7H,1-5H2;1H. The molecule has 1 rings (SSSR count). The van der Waals surface area contributed by atoms with Crippen LogP contribution < -0.4 is 0 Å². The lowest BCUT2D eigenvalue weighted by molar-refractivity contribution is 0.0512. The molecule has 1 atom stereocenters. The first-order valence-corrected chi connectivity index (χ1v) is 3.15. The summed E-state index contributed by atoms with van der Waals surface area (Å²) in [5.74, 6) is 0. The van der Waals surface area contributed by atoms with Crippen molar-refractivity contribution in [3.05, 3.63) is 0 Å². The minimum absolute atomic E-state index is 0. The fraction of sp³-hybridized carbons (Fsp3) is 1.00. The highest BCUT2D eigenvalue weighted by atomic mass is 35.5. The Bertz CT molecular complexity index is 60.1. The third kappa shape index (κ3) is 3.73. The van der Waals surface area contributed by atoms with Crippen molar-refractivity contribution in [3.8, 4) is 0 Å². The molecule has 3 heteroatoms. The summed E-state index contributed by atoms with van der Waals surface area (Å²) in [6.07, 6.45) is 2.94. The van der Waals surface area contributed by atoms with Gasteiger partial charge < -0.3 is 9.84 Å². The summed E-state index contributed by atoms with van der Waals surface area (Å²) >= 11 is 0. The fourth-order valence-corrected chi connectivity index (χ4v) is 0.887. The summed E-state index contributed by atoms with van der Waals surface area (Å²) in [7, 11) is 0. The smallest absolute Gasteiger partial charge is 0.0773 e. The summed E-state index contributed by atoms with van der Waals surface area (Å²) in [5, 5.41) is 8.96. The summed E-state index contributed by atoms with van der Waals surface area (Å²) in [4.78, 5) is 0. The quantitative estimate of drug-likeness (QED) is 0.561. The number of hydrogen-bond acceptors (Lipinski definition) is 2. The molecule has 0 aliphatic carbocycles. The zero-order valence-electron chi connectivity index (χ0n) is 5.38. The number of rotatable bonds is 0. The van der Waals surface area contributed by atoms with Gasteiger partial charge >= 0.3 is 0 Å². The van der Waals surface area contributed by atoms with E-state index in [-0.39, 0.29) is 18.5 Å². The SMILES string of the molecule is Cl.OC1CCCCOC1. The van der Waals surface area contributed by atoms with E-state index < -0.39 is 0 Å². The van der Waals surface area contributed by atoms with Crippen molar-refractivity contribution in [3.63, 3.8) is 0 Å². The van der Waals surface area contributed by atoms with Gasteiger partial charge in [-0.15, -0.1) is 12.4 Å². The van der Waals surface area contributed by atoms with Crippen LogP contribution in [0.4, 0.5) is 0 Å². The van der Waals surface area contributed by atoms with Crippen molar-refractivity contribution in [2.24, 2.45) is 0 Å². The first-order valence-electron chi connectivity index (χ1n) is 3.15. The lowest BCUT2D eigenvalue weighted by Crippen LogP contribution is -2.11. The molecule has 2 nitrogen and oxygen atoms in total. The maximum Gasteiger partial charge on any atom is 0.0773 e. The zero-order chi connectivity index (χ0) is 5.82. The summed E-state index contributed by atoms with van der Waals surface area (Å²) in [5.41, 5.74) is 0. The number of aliphatic hydroxyl groups excluding tert-OH is 1. The van der Waals surface area contributed by atoms with Crippen molar-refractivity contribution in [2.45, 2.75) is 25.4 Å². The molecule has 1 aliphatic heterocycles. The summed E-state index contributed by atoms with van der Waals surface area (Å²) in [6, 6.07) is 0. The molecule has 0 amide bonds. The second kappa shape index (κ2) is 5.03. The molecule has 1 heterocycles. The van der Waals surface area contributed by atoms with Gasteiger partial charge in [-0.2, -0.15) is 0 Å². The van der Waals surface area contributed by atoms with E-state index in [4.69, 9.17) is 9.84 Å². The van der Waals surface area contributed by atoms with E-state index >= 15 is 0 Å². The molecule has 1 saturated heterocycles. The zero-order valence-corrected chi connectivity index (χ0v) is 6.19. The van der Waals surface area contributed by atoms with Crippen LogP contribution in [0.2, 0.25) is 0 Å². The molecule has 1 fully saturated rings. The van der Waals surface area contributed by atoms with Crippen LogP contribution in [0.1, 0.15) is 19.3 Å². The van der Waals surface area contributed by atoms with Gasteiger partial charge in [-0.1, -0.05) is 0 Å². The maximum atomic E-state index is 8.96. The minimum Gasteiger partial charge on any atom is -0.391 e. The minimum atomic E-state index is -0.197. The Morgan fingerprint density at radius 1 is 1.33 bits per heavy atom. The van der Waals surface area contributed by atoms with Crippen molar-refractivity contribution in [1.82, 2.24) is 0 Å². The molecule has 0 aromatic rings. The van der Waals surface area contributed by atoms with Gasteiger partial charge in [0.2, 0.25) is 0 Å². The average Bonchev–Trinajstić information content (AvgIpc) is 1.94. The maximum absolute atomic E-state index is 8.96. The van der Waals surface area contributed by atoms with Crippen LogP contribution in [0.5, 0.6) is 0 Å². The van der Waals surface area contributed by atoms with Crippen molar-refractivity contribution >= 4 is 12.4 Å². The predicted octanol–water partition coefficient (Wildman–Crippen LogP) is 0.970. The molecule has 1 N–H and O–H groups in total. The highest BCUT2D eigenvalue weighted by molar-refractivity contribution is 5.85. The van der Waals surface area contributed by atoms with Gasteiger partial charge in [0.05, 0.1) is 12.7 Å². The van der Waals surface area contributed by atoms with E-state index in [2.05, 4.69) is 0 Å². The molecule has 1 aliphatic rings. The van der Waals surface area contributed by atoms with Gasteiger partial charge in [0, 0.05) is 6.61 Å². The average molecular weight is 153 g/mol. The molecule has 0 saturated carbocycles. The van der Waals surface area contributed by atoms with Crippen LogP contribution in [0.3, 0.4) is 0 Å². The van der Waals surface area contributed by atoms with Crippen LogP contribution in [0, 0.1) is 0 Å². The fourth-order valence-electron chi connectivity index (χ4n) is 0.887. The lowest BCUT2D eigenvalue weighted by Gasteiger charge is -2.02. The largest absolute Gasteiger partial charge is 0.391 e. The highest BCUT2D eigenvalue weighted by Gasteiger charge is 2.06. The van der Waals surface area contributed by atoms with Crippen LogP contribution >= 0.6 is 12.4 Å². The molecule has 56 valence electrons. The van der Waals surface area contributed by atoms with Crippen LogP contribution in [0.25, 0.3) is 0 Å². The Labute approximate surface area is 61.6 Å². The Balaban J connectivity index is 0.000000640. The van der Waals surface area contributed by atoms with E-state index in [0.29, 0.717) is 6.61 Å². The summed E-state index contributed by atoms with van der Waals surface area (Å²) in [6.45, 7) is 1.37. The second-order valence-electron chi connectivity index (χ2n) is 2.22. The molecule has 0 spiro atoms. The highest BCUT2D eigenvalue weighted by Crippen LogP contribution is 2.06. The Morgan fingerprint density at radius 3 is 2.89 bits per heavy atom. The molecule has 0 bridgehead atoms.